The minimum Gasteiger partial charge on any atom is -0.393 e. The van der Waals surface area contributed by atoms with Gasteiger partial charge < -0.3 is 5.11 Å². The lowest BCUT2D eigenvalue weighted by Gasteiger charge is -2.36. The number of rotatable bonds is 0. The zero-order valence-corrected chi connectivity index (χ0v) is 21.2. The Morgan fingerprint density at radius 3 is 1.77 bits per heavy atom. The quantitative estimate of drug-likeness (QED) is 0.463. The molecule has 0 amide bonds. The Balaban J connectivity index is 0.000000225. The molecule has 0 heterocycles. The molecule has 2 saturated carbocycles. The molecule has 0 aliphatic heterocycles. The lowest BCUT2D eigenvalue weighted by molar-refractivity contribution is -0.124. The molecule has 0 spiro atoms. The molecule has 3 nitrogen and oxygen atoms in total. The maximum Gasteiger partial charge on any atom is 0.156 e. The molecule has 0 saturated heterocycles. The summed E-state index contributed by atoms with van der Waals surface area (Å²) >= 11 is 0. The fourth-order valence-corrected chi connectivity index (χ4v) is 6.04. The summed E-state index contributed by atoms with van der Waals surface area (Å²) < 4.78 is 0. The largest absolute Gasteiger partial charge is 0.393 e. The highest BCUT2D eigenvalue weighted by Gasteiger charge is 2.31. The van der Waals surface area contributed by atoms with Gasteiger partial charge in [0.25, 0.3) is 0 Å². The van der Waals surface area contributed by atoms with Crippen LogP contribution in [0.15, 0.2) is 11.6 Å². The fourth-order valence-electron chi connectivity index (χ4n) is 6.04. The second kappa shape index (κ2) is 10.6. The van der Waals surface area contributed by atoms with Crippen molar-refractivity contribution in [2.24, 2.45) is 28.1 Å². The summed E-state index contributed by atoms with van der Waals surface area (Å²) in [7, 11) is 0. The number of hydrogen-bond acceptors (Lipinski definition) is 3. The summed E-state index contributed by atoms with van der Waals surface area (Å²) in [5, 5.41) is 9.42. The van der Waals surface area contributed by atoms with E-state index in [-0.39, 0.29) is 22.7 Å². The lowest BCUT2D eigenvalue weighted by atomic mass is 9.72. The van der Waals surface area contributed by atoms with E-state index in [1.807, 2.05) is 6.92 Å². The highest BCUT2D eigenvalue weighted by molar-refractivity contribution is 5.91. The molecule has 174 valence electrons. The summed E-state index contributed by atoms with van der Waals surface area (Å²) in [6.07, 6.45) is 9.57. The molecular formula is C27H48O3. The molecule has 3 heteroatoms. The maximum atomic E-state index is 11.1. The first-order valence-corrected chi connectivity index (χ1v) is 11.9. The molecule has 2 fully saturated rings. The number of ketones is 2. The standard InChI is InChI=1S/C9H18O.C9H16O.C9H14O/c3*1-7-4-8(10)6-9(2,3)5-7/h7-8,10H,4-6H2,1-3H3;7H,4-6H2,1-3H3;4H,5-6H2,1-3H3. The molecule has 1 N–H and O–H groups in total. The molecule has 0 bridgehead atoms. The Labute approximate surface area is 186 Å². The molecule has 3 unspecified atom stereocenters. The van der Waals surface area contributed by atoms with Gasteiger partial charge in [-0.2, -0.15) is 0 Å². The van der Waals surface area contributed by atoms with Gasteiger partial charge in [0.05, 0.1) is 6.10 Å². The van der Waals surface area contributed by atoms with Gasteiger partial charge >= 0.3 is 0 Å². The van der Waals surface area contributed by atoms with Crippen LogP contribution in [0.1, 0.15) is 114 Å². The van der Waals surface area contributed by atoms with Gasteiger partial charge in [0.15, 0.2) is 5.78 Å². The predicted molar refractivity (Wildman–Crippen MR) is 126 cm³/mol. The third-order valence-electron chi connectivity index (χ3n) is 6.33. The summed E-state index contributed by atoms with van der Waals surface area (Å²) in [5.41, 5.74) is 2.07. The summed E-state index contributed by atoms with van der Waals surface area (Å²) in [5.74, 6) is 2.05. The second-order valence-electron chi connectivity index (χ2n) is 12.9. The van der Waals surface area contributed by atoms with Crippen LogP contribution >= 0.6 is 0 Å². The summed E-state index contributed by atoms with van der Waals surface area (Å²) in [6, 6.07) is 0. The molecule has 30 heavy (non-hydrogen) atoms. The third kappa shape index (κ3) is 10.9. The van der Waals surface area contributed by atoms with Crippen molar-refractivity contribution >= 4 is 11.6 Å². The minimum atomic E-state index is -0.0428. The fraction of sp³-hybridized carbons (Fsp3) is 0.852. The van der Waals surface area contributed by atoms with Gasteiger partial charge in [-0.15, -0.1) is 0 Å². The highest BCUT2D eigenvalue weighted by atomic mass is 16.3. The monoisotopic (exact) mass is 420 g/mol. The van der Waals surface area contributed by atoms with Gasteiger partial charge in [-0.1, -0.05) is 61.0 Å². The van der Waals surface area contributed by atoms with E-state index in [4.69, 9.17) is 0 Å². The Hall–Kier alpha value is -0.960. The molecule has 0 aromatic heterocycles. The topological polar surface area (TPSA) is 54.4 Å². The normalized spacial score (nSPS) is 32.1. The number of carbonyl (C=O) groups is 2. The number of allylic oxidation sites excluding steroid dienone is 2. The van der Waals surface area contributed by atoms with Gasteiger partial charge in [0, 0.05) is 19.3 Å². The van der Waals surface area contributed by atoms with E-state index in [1.165, 1.54) is 18.4 Å². The number of Topliss-reactive ketones (excluding diaryl/α,β-unsaturated/α-hetero) is 1. The molecule has 3 atom stereocenters. The van der Waals surface area contributed by atoms with Crippen molar-refractivity contribution in [3.05, 3.63) is 11.6 Å². The second-order valence-corrected chi connectivity index (χ2v) is 12.9. The SMILES string of the molecule is CC1=CC(=O)CC(C)(C)C1.CC1CC(=O)CC(C)(C)C1.CC1CC(O)CC(C)(C)C1. The van der Waals surface area contributed by atoms with Gasteiger partial charge in [-0.05, 0) is 73.2 Å². The molecule has 3 rings (SSSR count). The van der Waals surface area contributed by atoms with Crippen LogP contribution in [-0.4, -0.2) is 22.8 Å². The van der Waals surface area contributed by atoms with E-state index in [0.717, 1.165) is 32.1 Å². The molecule has 3 aliphatic carbocycles. The van der Waals surface area contributed by atoms with Crippen molar-refractivity contribution in [2.75, 3.05) is 0 Å². The van der Waals surface area contributed by atoms with E-state index in [0.29, 0.717) is 29.5 Å². The van der Waals surface area contributed by atoms with Gasteiger partial charge in [0.1, 0.15) is 5.78 Å². The van der Waals surface area contributed by atoms with Crippen molar-refractivity contribution in [1.29, 1.82) is 0 Å². The molecule has 0 radical (unpaired) electrons. The molecule has 0 aromatic rings. The van der Waals surface area contributed by atoms with Crippen molar-refractivity contribution in [1.82, 2.24) is 0 Å². The highest BCUT2D eigenvalue weighted by Crippen LogP contribution is 2.38. The Morgan fingerprint density at radius 1 is 0.800 bits per heavy atom. The average molecular weight is 421 g/mol. The minimum absolute atomic E-state index is 0.0428. The molecule has 3 aliphatic rings. The van der Waals surface area contributed by atoms with Crippen LogP contribution in [0, 0.1) is 28.1 Å². The third-order valence-corrected chi connectivity index (χ3v) is 6.33. The van der Waals surface area contributed by atoms with Crippen LogP contribution in [0.2, 0.25) is 0 Å². The van der Waals surface area contributed by atoms with E-state index < -0.39 is 0 Å². The van der Waals surface area contributed by atoms with E-state index >= 15 is 0 Å². The van der Waals surface area contributed by atoms with E-state index in [1.54, 1.807) is 6.08 Å². The maximum absolute atomic E-state index is 11.1. The van der Waals surface area contributed by atoms with Crippen LogP contribution in [0.25, 0.3) is 0 Å². The average Bonchev–Trinajstić information content (AvgIpc) is 2.39. The smallest absolute Gasteiger partial charge is 0.156 e. The Kier molecular flexibility index (Phi) is 9.54. The Morgan fingerprint density at radius 2 is 1.37 bits per heavy atom. The van der Waals surface area contributed by atoms with E-state index in [2.05, 4.69) is 55.4 Å². The lowest BCUT2D eigenvalue weighted by Crippen LogP contribution is -2.30. The molecule has 0 aromatic carbocycles. The number of hydrogen-bond donors (Lipinski definition) is 1. The van der Waals surface area contributed by atoms with Crippen molar-refractivity contribution in [2.45, 2.75) is 120 Å². The van der Waals surface area contributed by atoms with Crippen LogP contribution in [0.4, 0.5) is 0 Å². The first-order valence-electron chi connectivity index (χ1n) is 11.9. The zero-order valence-electron chi connectivity index (χ0n) is 21.2. The van der Waals surface area contributed by atoms with Crippen LogP contribution < -0.4 is 0 Å². The van der Waals surface area contributed by atoms with Crippen LogP contribution in [0.5, 0.6) is 0 Å². The van der Waals surface area contributed by atoms with Crippen molar-refractivity contribution in [3.8, 4) is 0 Å². The Bertz CT molecular complexity index is 612. The van der Waals surface area contributed by atoms with E-state index in [9.17, 15) is 14.7 Å². The number of aliphatic hydroxyl groups excluding tert-OH is 1. The first kappa shape index (κ1) is 27.1. The zero-order chi connectivity index (χ0) is 23.3. The van der Waals surface area contributed by atoms with Crippen molar-refractivity contribution < 1.29 is 14.7 Å². The van der Waals surface area contributed by atoms with Gasteiger partial charge in [-0.3, -0.25) is 9.59 Å². The predicted octanol–water partition coefficient (Wildman–Crippen LogP) is 6.92. The van der Waals surface area contributed by atoms with Crippen LogP contribution in [0.3, 0.4) is 0 Å². The first-order chi connectivity index (χ1) is 13.5. The number of carbonyl (C=O) groups excluding carboxylic acids is 2. The summed E-state index contributed by atoms with van der Waals surface area (Å²) in [4.78, 5) is 22.1. The number of aliphatic hydroxyl groups is 1. The van der Waals surface area contributed by atoms with Crippen molar-refractivity contribution in [3.63, 3.8) is 0 Å². The van der Waals surface area contributed by atoms with Gasteiger partial charge in [-0.25, -0.2) is 0 Å². The summed E-state index contributed by atoms with van der Waals surface area (Å²) in [6.45, 7) is 19.5. The van der Waals surface area contributed by atoms with Gasteiger partial charge in [0.2, 0.25) is 0 Å². The van der Waals surface area contributed by atoms with Crippen LogP contribution in [-0.2, 0) is 9.59 Å². The molecular weight excluding hydrogens is 372 g/mol.